The van der Waals surface area contributed by atoms with Crippen molar-refractivity contribution in [1.29, 1.82) is 0 Å². The van der Waals surface area contributed by atoms with Gasteiger partial charge in [-0.15, -0.1) is 0 Å². The molecule has 0 aliphatic heterocycles. The van der Waals surface area contributed by atoms with Crippen LogP contribution in [0, 0.1) is 0 Å². The molecule has 2 rings (SSSR count). The van der Waals surface area contributed by atoms with E-state index < -0.39 is 0 Å². The zero-order valence-electron chi connectivity index (χ0n) is 9.00. The van der Waals surface area contributed by atoms with Crippen LogP contribution in [0.2, 0.25) is 5.15 Å². The van der Waals surface area contributed by atoms with Crippen molar-refractivity contribution in [2.45, 2.75) is 33.1 Å². The van der Waals surface area contributed by atoms with Gasteiger partial charge in [-0.3, -0.25) is 0 Å². The van der Waals surface area contributed by atoms with Gasteiger partial charge >= 0.3 is 0 Å². The van der Waals surface area contributed by atoms with Crippen LogP contribution >= 0.6 is 11.6 Å². The number of rotatable bonds is 3. The number of halogens is 1. The Bertz CT molecular complexity index is 476. The van der Waals surface area contributed by atoms with Crippen LogP contribution in [0.5, 0.6) is 0 Å². The van der Waals surface area contributed by atoms with Crippen molar-refractivity contribution in [3.8, 4) is 0 Å². The summed E-state index contributed by atoms with van der Waals surface area (Å²) in [7, 11) is 0. The largest absolute Gasteiger partial charge is 0.233 e. The van der Waals surface area contributed by atoms with E-state index in [2.05, 4.69) is 23.9 Å². The molecule has 0 atom stereocenters. The van der Waals surface area contributed by atoms with Gasteiger partial charge in [-0.1, -0.05) is 31.9 Å². The summed E-state index contributed by atoms with van der Waals surface area (Å²) < 4.78 is 1.69. The van der Waals surface area contributed by atoms with E-state index >= 15 is 0 Å². The van der Waals surface area contributed by atoms with Crippen molar-refractivity contribution in [1.82, 2.24) is 14.6 Å². The molecule has 0 fully saturated rings. The summed E-state index contributed by atoms with van der Waals surface area (Å²) in [5, 5.41) is 4.85. The highest BCUT2D eigenvalue weighted by atomic mass is 35.5. The van der Waals surface area contributed by atoms with E-state index in [1.807, 2.05) is 12.3 Å². The fourth-order valence-corrected chi connectivity index (χ4v) is 1.90. The summed E-state index contributed by atoms with van der Waals surface area (Å²) in [4.78, 5) is 4.57. The molecule has 3 nitrogen and oxygen atoms in total. The molecule has 0 aliphatic carbocycles. The molecule has 0 radical (unpaired) electrons. The first-order chi connectivity index (χ1) is 7.26. The van der Waals surface area contributed by atoms with Gasteiger partial charge in [-0.05, 0) is 18.9 Å². The van der Waals surface area contributed by atoms with Crippen LogP contribution in [0.4, 0.5) is 0 Å². The molecule has 0 aliphatic rings. The zero-order chi connectivity index (χ0) is 10.8. The molecular formula is C11H14ClN3. The van der Waals surface area contributed by atoms with Crippen molar-refractivity contribution in [2.24, 2.45) is 0 Å². The summed E-state index contributed by atoms with van der Waals surface area (Å²) in [5.41, 5.74) is 3.09. The van der Waals surface area contributed by atoms with Crippen LogP contribution in [0.15, 0.2) is 12.3 Å². The lowest BCUT2D eigenvalue weighted by atomic mass is 10.2. The molecule has 0 amide bonds. The predicted octanol–water partition coefficient (Wildman–Crippen LogP) is 2.90. The van der Waals surface area contributed by atoms with Crippen molar-refractivity contribution in [3.05, 3.63) is 28.7 Å². The molecular weight excluding hydrogens is 210 g/mol. The third-order valence-electron chi connectivity index (χ3n) is 2.44. The van der Waals surface area contributed by atoms with E-state index in [0.717, 1.165) is 36.2 Å². The number of aryl methyl sites for hydroxylation is 2. The maximum absolute atomic E-state index is 6.13. The molecule has 0 N–H and O–H groups in total. The molecule has 0 spiro atoms. The maximum Gasteiger partial charge on any atom is 0.160 e. The first-order valence-corrected chi connectivity index (χ1v) is 5.66. The number of fused-ring (bicyclic) bond motifs is 1. The Morgan fingerprint density at radius 1 is 1.40 bits per heavy atom. The highest BCUT2D eigenvalue weighted by molar-refractivity contribution is 6.29. The topological polar surface area (TPSA) is 30.2 Å². The fourth-order valence-electron chi connectivity index (χ4n) is 1.65. The maximum atomic E-state index is 6.13. The Kier molecular flexibility index (Phi) is 2.91. The average molecular weight is 224 g/mol. The molecule has 15 heavy (non-hydrogen) atoms. The van der Waals surface area contributed by atoms with E-state index in [0.29, 0.717) is 5.15 Å². The summed E-state index contributed by atoms with van der Waals surface area (Å²) in [5.74, 6) is 0. The average Bonchev–Trinajstić information content (AvgIpc) is 2.61. The van der Waals surface area contributed by atoms with Crippen molar-refractivity contribution < 1.29 is 0 Å². The van der Waals surface area contributed by atoms with E-state index in [1.54, 1.807) is 4.52 Å². The molecule has 2 aromatic heterocycles. The third kappa shape index (κ3) is 1.84. The Hall–Kier alpha value is -1.09. The second-order valence-corrected chi connectivity index (χ2v) is 3.97. The van der Waals surface area contributed by atoms with E-state index in [1.165, 1.54) is 0 Å². The summed E-state index contributed by atoms with van der Waals surface area (Å²) >= 11 is 6.13. The highest BCUT2D eigenvalue weighted by Gasteiger charge is 2.08. The molecule has 2 aromatic rings. The van der Waals surface area contributed by atoms with Gasteiger partial charge in [0.1, 0.15) is 5.15 Å². The van der Waals surface area contributed by atoms with Crippen LogP contribution in [0.1, 0.15) is 31.5 Å². The zero-order valence-corrected chi connectivity index (χ0v) is 9.75. The quantitative estimate of drug-likeness (QED) is 0.749. The van der Waals surface area contributed by atoms with E-state index in [4.69, 9.17) is 11.6 Å². The SMILES string of the molecule is CCCc1cc(Cl)n2ncc(CC)c2n1. The van der Waals surface area contributed by atoms with E-state index in [9.17, 15) is 0 Å². The Balaban J connectivity index is 2.60. The smallest absolute Gasteiger partial charge is 0.160 e. The Morgan fingerprint density at radius 2 is 2.20 bits per heavy atom. The fraction of sp³-hybridized carbons (Fsp3) is 0.455. The van der Waals surface area contributed by atoms with Gasteiger partial charge in [0, 0.05) is 11.3 Å². The highest BCUT2D eigenvalue weighted by Crippen LogP contribution is 2.17. The van der Waals surface area contributed by atoms with Gasteiger partial charge in [0.15, 0.2) is 5.65 Å². The van der Waals surface area contributed by atoms with Gasteiger partial charge in [-0.25, -0.2) is 9.50 Å². The first kappa shape index (κ1) is 10.4. The normalized spacial score (nSPS) is 11.1. The Morgan fingerprint density at radius 3 is 2.87 bits per heavy atom. The number of hydrogen-bond acceptors (Lipinski definition) is 2. The minimum atomic E-state index is 0.642. The molecule has 80 valence electrons. The van der Waals surface area contributed by atoms with E-state index in [-0.39, 0.29) is 0 Å². The van der Waals surface area contributed by atoms with Crippen LogP contribution in [0.3, 0.4) is 0 Å². The van der Waals surface area contributed by atoms with Crippen molar-refractivity contribution in [3.63, 3.8) is 0 Å². The van der Waals surface area contributed by atoms with Gasteiger partial charge in [-0.2, -0.15) is 5.10 Å². The molecule has 0 saturated heterocycles. The monoisotopic (exact) mass is 223 g/mol. The summed E-state index contributed by atoms with van der Waals surface area (Å²) in [6, 6.07) is 1.89. The number of nitrogens with zero attached hydrogens (tertiary/aromatic N) is 3. The minimum Gasteiger partial charge on any atom is -0.233 e. The van der Waals surface area contributed by atoms with Crippen molar-refractivity contribution in [2.75, 3.05) is 0 Å². The Labute approximate surface area is 94.1 Å². The van der Waals surface area contributed by atoms with Crippen LogP contribution in [0.25, 0.3) is 5.65 Å². The molecule has 2 heterocycles. The number of hydrogen-bond donors (Lipinski definition) is 0. The van der Waals surface area contributed by atoms with Crippen LogP contribution < -0.4 is 0 Å². The van der Waals surface area contributed by atoms with Gasteiger partial charge in [0.2, 0.25) is 0 Å². The first-order valence-electron chi connectivity index (χ1n) is 5.28. The van der Waals surface area contributed by atoms with Gasteiger partial charge < -0.3 is 0 Å². The lowest BCUT2D eigenvalue weighted by Gasteiger charge is -2.02. The second kappa shape index (κ2) is 4.19. The lowest BCUT2D eigenvalue weighted by molar-refractivity contribution is 0.857. The summed E-state index contributed by atoms with van der Waals surface area (Å²) in [6.45, 7) is 4.23. The van der Waals surface area contributed by atoms with Gasteiger partial charge in [0.25, 0.3) is 0 Å². The van der Waals surface area contributed by atoms with Crippen LogP contribution in [-0.2, 0) is 12.8 Å². The molecule has 4 heteroatoms. The standard InChI is InChI=1S/C11H14ClN3/c1-3-5-9-6-10(12)15-11(14-9)8(4-2)7-13-15/h6-7H,3-5H2,1-2H3. The minimum absolute atomic E-state index is 0.642. The number of aromatic nitrogens is 3. The van der Waals surface area contributed by atoms with Crippen LogP contribution in [-0.4, -0.2) is 14.6 Å². The lowest BCUT2D eigenvalue weighted by Crippen LogP contribution is -1.98. The predicted molar refractivity (Wildman–Crippen MR) is 61.4 cm³/mol. The molecule has 0 bridgehead atoms. The molecule has 0 aromatic carbocycles. The summed E-state index contributed by atoms with van der Waals surface area (Å²) in [6.07, 6.45) is 4.81. The molecule has 0 unspecified atom stereocenters. The second-order valence-electron chi connectivity index (χ2n) is 3.58. The third-order valence-corrected chi connectivity index (χ3v) is 2.71. The van der Waals surface area contributed by atoms with Gasteiger partial charge in [0.05, 0.1) is 6.20 Å². The molecule has 0 saturated carbocycles. The van der Waals surface area contributed by atoms with Crippen molar-refractivity contribution >= 4 is 17.2 Å².